The smallest absolute Gasteiger partial charge is 0.293 e. The molecule has 0 aromatic heterocycles. The van der Waals surface area contributed by atoms with Gasteiger partial charge in [0, 0.05) is 12.6 Å². The summed E-state index contributed by atoms with van der Waals surface area (Å²) in [5, 5.41) is 14.2. The zero-order valence-electron chi connectivity index (χ0n) is 9.72. The molecule has 0 spiro atoms. The van der Waals surface area contributed by atoms with Gasteiger partial charge < -0.3 is 5.32 Å². The summed E-state index contributed by atoms with van der Waals surface area (Å²) in [5.41, 5.74) is 3.80. The van der Waals surface area contributed by atoms with Crippen LogP contribution in [0.25, 0.3) is 11.1 Å². The van der Waals surface area contributed by atoms with Crippen molar-refractivity contribution in [1.29, 1.82) is 0 Å². The van der Waals surface area contributed by atoms with Crippen LogP contribution in [-0.4, -0.2) is 11.5 Å². The van der Waals surface area contributed by atoms with Crippen LogP contribution in [-0.2, 0) is 6.42 Å². The summed E-state index contributed by atoms with van der Waals surface area (Å²) in [5.74, 6) is 0. The predicted octanol–water partition coefficient (Wildman–Crippen LogP) is 3.23. The van der Waals surface area contributed by atoms with E-state index in [1.54, 1.807) is 6.07 Å². The molecule has 2 aromatic carbocycles. The molecule has 0 atom stereocenters. The van der Waals surface area contributed by atoms with Crippen molar-refractivity contribution in [2.45, 2.75) is 6.42 Å². The summed E-state index contributed by atoms with van der Waals surface area (Å²) < 4.78 is 0. The number of nitrogens with zero attached hydrogens (tertiary/aromatic N) is 1. The topological polar surface area (TPSA) is 55.2 Å². The number of nitro groups is 1. The van der Waals surface area contributed by atoms with Crippen LogP contribution < -0.4 is 5.32 Å². The van der Waals surface area contributed by atoms with E-state index < -0.39 is 0 Å². The van der Waals surface area contributed by atoms with Crippen molar-refractivity contribution < 1.29 is 4.92 Å². The van der Waals surface area contributed by atoms with E-state index in [4.69, 9.17) is 0 Å². The fourth-order valence-corrected chi connectivity index (χ4v) is 2.35. The first-order chi connectivity index (χ1) is 8.75. The highest BCUT2D eigenvalue weighted by Crippen LogP contribution is 2.37. The maximum atomic E-state index is 11.1. The Kier molecular flexibility index (Phi) is 2.48. The van der Waals surface area contributed by atoms with Gasteiger partial charge in [-0.2, -0.15) is 0 Å². The van der Waals surface area contributed by atoms with Gasteiger partial charge in [0.1, 0.15) is 5.69 Å². The Labute approximate surface area is 104 Å². The Hall–Kier alpha value is -2.36. The van der Waals surface area contributed by atoms with E-state index in [1.807, 2.05) is 36.4 Å². The van der Waals surface area contributed by atoms with Crippen molar-refractivity contribution in [2.24, 2.45) is 0 Å². The minimum atomic E-state index is -0.316. The van der Waals surface area contributed by atoms with E-state index in [0.717, 1.165) is 29.7 Å². The zero-order valence-corrected chi connectivity index (χ0v) is 9.72. The molecule has 1 heterocycles. The molecule has 1 aliphatic rings. The Balaban J connectivity index is 2.18. The van der Waals surface area contributed by atoms with Crippen molar-refractivity contribution in [3.63, 3.8) is 0 Å². The van der Waals surface area contributed by atoms with Crippen LogP contribution in [0.4, 0.5) is 11.4 Å². The van der Waals surface area contributed by atoms with Gasteiger partial charge in [-0.15, -0.1) is 0 Å². The lowest BCUT2D eigenvalue weighted by Crippen LogP contribution is -1.97. The summed E-state index contributed by atoms with van der Waals surface area (Å²) in [6.07, 6.45) is 0.844. The maximum absolute atomic E-state index is 11.1. The molecule has 18 heavy (non-hydrogen) atoms. The molecule has 4 heteroatoms. The Morgan fingerprint density at radius 2 is 1.89 bits per heavy atom. The molecule has 0 amide bonds. The number of benzene rings is 2. The molecule has 1 N–H and O–H groups in total. The van der Waals surface area contributed by atoms with Crippen LogP contribution in [0.15, 0.2) is 42.5 Å². The van der Waals surface area contributed by atoms with E-state index in [1.165, 1.54) is 0 Å². The van der Waals surface area contributed by atoms with Gasteiger partial charge in [-0.3, -0.25) is 10.1 Å². The molecule has 0 saturated heterocycles. The molecule has 2 aromatic rings. The normalized spacial score (nSPS) is 12.9. The van der Waals surface area contributed by atoms with Gasteiger partial charge in [-0.25, -0.2) is 0 Å². The van der Waals surface area contributed by atoms with E-state index in [2.05, 4.69) is 5.32 Å². The molecule has 3 rings (SSSR count). The molecule has 0 bridgehead atoms. The Morgan fingerprint density at radius 3 is 2.61 bits per heavy atom. The predicted molar refractivity (Wildman–Crippen MR) is 70.7 cm³/mol. The van der Waals surface area contributed by atoms with Gasteiger partial charge >= 0.3 is 0 Å². The summed E-state index contributed by atoms with van der Waals surface area (Å²) in [6, 6.07) is 13.4. The fourth-order valence-electron chi connectivity index (χ4n) is 2.35. The zero-order chi connectivity index (χ0) is 12.5. The lowest BCUT2D eigenvalue weighted by molar-refractivity contribution is -0.383. The van der Waals surface area contributed by atoms with Gasteiger partial charge in [0.2, 0.25) is 0 Å². The van der Waals surface area contributed by atoms with Gasteiger partial charge in [-0.1, -0.05) is 30.3 Å². The second-order valence-corrected chi connectivity index (χ2v) is 4.33. The third-order valence-corrected chi connectivity index (χ3v) is 3.20. The lowest BCUT2D eigenvalue weighted by Gasteiger charge is -2.06. The standard InChI is InChI=1S/C14H12N2O2/c17-16(18)13-9-12(10-4-2-1-3-5-10)8-11-6-7-15-14(11)13/h1-5,8-9,15H,6-7H2. The first-order valence-corrected chi connectivity index (χ1v) is 5.86. The highest BCUT2D eigenvalue weighted by atomic mass is 16.6. The van der Waals surface area contributed by atoms with Crippen molar-refractivity contribution in [1.82, 2.24) is 0 Å². The van der Waals surface area contributed by atoms with Crippen LogP contribution >= 0.6 is 0 Å². The highest BCUT2D eigenvalue weighted by Gasteiger charge is 2.23. The summed E-state index contributed by atoms with van der Waals surface area (Å²) in [7, 11) is 0. The fraction of sp³-hybridized carbons (Fsp3) is 0.143. The number of nitro benzene ring substituents is 1. The van der Waals surface area contributed by atoms with Crippen LogP contribution in [0, 0.1) is 10.1 Å². The molecule has 0 saturated carbocycles. The number of fused-ring (bicyclic) bond motifs is 1. The molecule has 0 aliphatic carbocycles. The van der Waals surface area contributed by atoms with Crippen LogP contribution in [0.2, 0.25) is 0 Å². The van der Waals surface area contributed by atoms with Gasteiger partial charge in [-0.05, 0) is 29.2 Å². The quantitative estimate of drug-likeness (QED) is 0.647. The molecular formula is C14H12N2O2. The van der Waals surface area contributed by atoms with Crippen molar-refractivity contribution in [3.8, 4) is 11.1 Å². The van der Waals surface area contributed by atoms with E-state index >= 15 is 0 Å². The van der Waals surface area contributed by atoms with Crippen LogP contribution in [0.3, 0.4) is 0 Å². The SMILES string of the molecule is O=[N+]([O-])c1cc(-c2ccccc2)cc2c1NCC2. The van der Waals surface area contributed by atoms with Crippen LogP contribution in [0.1, 0.15) is 5.56 Å². The van der Waals surface area contributed by atoms with Crippen molar-refractivity contribution >= 4 is 11.4 Å². The third-order valence-electron chi connectivity index (χ3n) is 3.20. The summed E-state index contributed by atoms with van der Waals surface area (Å²) in [4.78, 5) is 10.8. The molecule has 90 valence electrons. The number of anilines is 1. The molecule has 0 radical (unpaired) electrons. The highest BCUT2D eigenvalue weighted by molar-refractivity contribution is 5.78. The van der Waals surface area contributed by atoms with Gasteiger partial charge in [0.05, 0.1) is 4.92 Å². The van der Waals surface area contributed by atoms with Gasteiger partial charge in [0.25, 0.3) is 5.69 Å². The second kappa shape index (κ2) is 4.14. The third kappa shape index (κ3) is 1.72. The molecule has 0 fully saturated rings. The van der Waals surface area contributed by atoms with Gasteiger partial charge in [0.15, 0.2) is 0 Å². The average Bonchev–Trinajstić information content (AvgIpc) is 2.86. The Bertz CT molecular complexity index is 609. The van der Waals surface area contributed by atoms with Crippen molar-refractivity contribution in [3.05, 3.63) is 58.1 Å². The molecule has 1 aliphatic heterocycles. The second-order valence-electron chi connectivity index (χ2n) is 4.33. The largest absolute Gasteiger partial charge is 0.379 e. The van der Waals surface area contributed by atoms with E-state index in [-0.39, 0.29) is 10.6 Å². The number of nitrogens with one attached hydrogen (secondary N) is 1. The maximum Gasteiger partial charge on any atom is 0.293 e. The minimum absolute atomic E-state index is 0.170. The summed E-state index contributed by atoms with van der Waals surface area (Å²) >= 11 is 0. The molecule has 4 nitrogen and oxygen atoms in total. The number of hydrogen-bond donors (Lipinski definition) is 1. The number of rotatable bonds is 2. The first kappa shape index (κ1) is 10.8. The van der Waals surface area contributed by atoms with Crippen molar-refractivity contribution in [2.75, 3.05) is 11.9 Å². The number of hydrogen-bond acceptors (Lipinski definition) is 3. The first-order valence-electron chi connectivity index (χ1n) is 5.86. The monoisotopic (exact) mass is 240 g/mol. The average molecular weight is 240 g/mol. The molecular weight excluding hydrogens is 228 g/mol. The molecule has 0 unspecified atom stereocenters. The Morgan fingerprint density at radius 1 is 1.11 bits per heavy atom. The minimum Gasteiger partial charge on any atom is -0.379 e. The lowest BCUT2D eigenvalue weighted by atomic mass is 10.0. The van der Waals surface area contributed by atoms with E-state index in [9.17, 15) is 10.1 Å². The van der Waals surface area contributed by atoms with E-state index in [0.29, 0.717) is 5.69 Å². The summed E-state index contributed by atoms with van der Waals surface area (Å²) in [6.45, 7) is 0.772. The van der Waals surface area contributed by atoms with Crippen LogP contribution in [0.5, 0.6) is 0 Å².